The van der Waals surface area contributed by atoms with Crippen LogP contribution in [-0.4, -0.2) is 35.6 Å². The van der Waals surface area contributed by atoms with Crippen LogP contribution < -0.4 is 10.6 Å². The van der Waals surface area contributed by atoms with Gasteiger partial charge in [0.05, 0.1) is 12.5 Å². The smallest absolute Gasteiger partial charge is 0.308 e. The maximum absolute atomic E-state index is 11.7. The molecule has 0 saturated heterocycles. The number of amides is 1. The van der Waals surface area contributed by atoms with Crippen LogP contribution in [-0.2, 0) is 9.59 Å². The van der Waals surface area contributed by atoms with Crippen molar-refractivity contribution < 1.29 is 14.7 Å². The molecular weight excluding hydrogens is 232 g/mol. The topological polar surface area (TPSA) is 78.4 Å². The Kier molecular flexibility index (Phi) is 6.12. The molecule has 1 fully saturated rings. The third-order valence-electron chi connectivity index (χ3n) is 3.65. The maximum Gasteiger partial charge on any atom is 0.308 e. The lowest BCUT2D eigenvalue weighted by atomic mass is 9.84. The van der Waals surface area contributed by atoms with E-state index in [1.165, 1.54) is 0 Å². The summed E-state index contributed by atoms with van der Waals surface area (Å²) in [4.78, 5) is 22.8. The van der Waals surface area contributed by atoms with Crippen LogP contribution >= 0.6 is 0 Å². The number of nitrogens with one attached hydrogen (secondary N) is 2. The first-order chi connectivity index (χ1) is 8.54. The third-order valence-corrected chi connectivity index (χ3v) is 3.65. The highest BCUT2D eigenvalue weighted by molar-refractivity contribution is 5.79. The average Bonchev–Trinajstić information content (AvgIpc) is 2.36. The van der Waals surface area contributed by atoms with Gasteiger partial charge in [-0.1, -0.05) is 19.8 Å². The monoisotopic (exact) mass is 256 g/mol. The van der Waals surface area contributed by atoms with Crippen LogP contribution in [0.15, 0.2) is 0 Å². The lowest BCUT2D eigenvalue weighted by Crippen LogP contribution is -2.48. The number of carboxylic acid groups (broad SMARTS) is 1. The molecule has 3 atom stereocenters. The summed E-state index contributed by atoms with van der Waals surface area (Å²) in [6.45, 7) is 4.34. The second-order valence-electron chi connectivity index (χ2n) is 5.09. The molecule has 0 heterocycles. The number of aliphatic carboxylic acids is 1. The van der Waals surface area contributed by atoms with E-state index in [0.717, 1.165) is 25.7 Å². The molecular formula is C13H24N2O3. The zero-order valence-electron chi connectivity index (χ0n) is 11.2. The number of carbonyl (C=O) groups excluding carboxylic acids is 1. The Bertz CT molecular complexity index is 294. The van der Waals surface area contributed by atoms with E-state index < -0.39 is 11.9 Å². The summed E-state index contributed by atoms with van der Waals surface area (Å²) in [6, 6.07) is 0.0971. The highest BCUT2D eigenvalue weighted by Gasteiger charge is 2.31. The lowest BCUT2D eigenvalue weighted by Gasteiger charge is -2.29. The van der Waals surface area contributed by atoms with Gasteiger partial charge in [-0.3, -0.25) is 9.59 Å². The van der Waals surface area contributed by atoms with E-state index in [2.05, 4.69) is 17.6 Å². The second kappa shape index (κ2) is 7.36. The van der Waals surface area contributed by atoms with Gasteiger partial charge in [-0.05, 0) is 26.2 Å². The van der Waals surface area contributed by atoms with Gasteiger partial charge in [0, 0.05) is 12.1 Å². The highest BCUT2D eigenvalue weighted by atomic mass is 16.4. The molecule has 3 unspecified atom stereocenters. The van der Waals surface area contributed by atoms with Crippen molar-refractivity contribution in [2.45, 2.75) is 58.0 Å². The molecule has 0 aromatic heterocycles. The second-order valence-corrected chi connectivity index (χ2v) is 5.09. The summed E-state index contributed by atoms with van der Waals surface area (Å²) < 4.78 is 0. The molecule has 0 spiro atoms. The number of hydrogen-bond donors (Lipinski definition) is 3. The Morgan fingerprint density at radius 1 is 1.33 bits per heavy atom. The van der Waals surface area contributed by atoms with E-state index in [1.54, 1.807) is 0 Å². The van der Waals surface area contributed by atoms with Crippen molar-refractivity contribution in [2.24, 2.45) is 5.92 Å². The van der Waals surface area contributed by atoms with Crippen molar-refractivity contribution >= 4 is 11.9 Å². The largest absolute Gasteiger partial charge is 0.481 e. The summed E-state index contributed by atoms with van der Waals surface area (Å²) in [5.74, 6) is -1.32. The molecule has 1 amide bonds. The highest BCUT2D eigenvalue weighted by Crippen LogP contribution is 2.24. The van der Waals surface area contributed by atoms with E-state index in [1.807, 2.05) is 6.92 Å². The van der Waals surface area contributed by atoms with Gasteiger partial charge in [0.25, 0.3) is 0 Å². The predicted molar refractivity (Wildman–Crippen MR) is 69.3 cm³/mol. The van der Waals surface area contributed by atoms with Crippen molar-refractivity contribution in [1.82, 2.24) is 10.6 Å². The SMILES string of the molecule is CCC(C)NCC(=O)NC1CCCCC1C(=O)O. The minimum atomic E-state index is -0.796. The van der Waals surface area contributed by atoms with E-state index in [0.29, 0.717) is 12.5 Å². The Morgan fingerprint density at radius 3 is 2.61 bits per heavy atom. The van der Waals surface area contributed by atoms with Gasteiger partial charge < -0.3 is 15.7 Å². The van der Waals surface area contributed by atoms with Gasteiger partial charge >= 0.3 is 5.97 Å². The van der Waals surface area contributed by atoms with Gasteiger partial charge in [-0.15, -0.1) is 0 Å². The number of carbonyl (C=O) groups is 2. The van der Waals surface area contributed by atoms with Crippen LogP contribution in [0.4, 0.5) is 0 Å². The minimum absolute atomic E-state index is 0.103. The van der Waals surface area contributed by atoms with Gasteiger partial charge in [0.2, 0.25) is 5.91 Å². The maximum atomic E-state index is 11.7. The molecule has 5 nitrogen and oxygen atoms in total. The summed E-state index contributed by atoms with van der Waals surface area (Å²) in [6.07, 6.45) is 4.33. The molecule has 1 aliphatic carbocycles. The first-order valence-electron chi connectivity index (χ1n) is 6.80. The zero-order chi connectivity index (χ0) is 13.5. The van der Waals surface area contributed by atoms with Crippen molar-refractivity contribution in [1.29, 1.82) is 0 Å². The Labute approximate surface area is 108 Å². The molecule has 3 N–H and O–H groups in total. The van der Waals surface area contributed by atoms with Crippen LogP contribution in [0.2, 0.25) is 0 Å². The van der Waals surface area contributed by atoms with Crippen LogP contribution in [0.1, 0.15) is 46.0 Å². The van der Waals surface area contributed by atoms with E-state index in [-0.39, 0.29) is 18.5 Å². The Balaban J connectivity index is 2.39. The molecule has 0 aromatic rings. The van der Waals surface area contributed by atoms with E-state index >= 15 is 0 Å². The van der Waals surface area contributed by atoms with E-state index in [9.17, 15) is 9.59 Å². The van der Waals surface area contributed by atoms with Crippen LogP contribution in [0.3, 0.4) is 0 Å². The van der Waals surface area contributed by atoms with Crippen molar-refractivity contribution in [2.75, 3.05) is 6.54 Å². The molecule has 0 radical (unpaired) electrons. The summed E-state index contributed by atoms with van der Waals surface area (Å²) in [5, 5.41) is 15.1. The molecule has 1 saturated carbocycles. The zero-order valence-corrected chi connectivity index (χ0v) is 11.2. The molecule has 104 valence electrons. The summed E-state index contributed by atoms with van der Waals surface area (Å²) in [7, 11) is 0. The molecule has 0 aromatic carbocycles. The Hall–Kier alpha value is -1.10. The summed E-state index contributed by atoms with van der Waals surface area (Å²) in [5.41, 5.74) is 0. The fourth-order valence-electron chi connectivity index (χ4n) is 2.27. The first-order valence-corrected chi connectivity index (χ1v) is 6.80. The number of carboxylic acids is 1. The number of rotatable bonds is 6. The average molecular weight is 256 g/mol. The van der Waals surface area contributed by atoms with E-state index in [4.69, 9.17) is 5.11 Å². The predicted octanol–water partition coefficient (Wildman–Crippen LogP) is 1.13. The lowest BCUT2D eigenvalue weighted by molar-refractivity contribution is -0.144. The fraction of sp³-hybridized carbons (Fsp3) is 0.846. The van der Waals surface area contributed by atoms with Crippen LogP contribution in [0.5, 0.6) is 0 Å². The molecule has 18 heavy (non-hydrogen) atoms. The van der Waals surface area contributed by atoms with Crippen molar-refractivity contribution in [3.05, 3.63) is 0 Å². The molecule has 1 rings (SSSR count). The quantitative estimate of drug-likeness (QED) is 0.666. The van der Waals surface area contributed by atoms with Gasteiger partial charge in [-0.25, -0.2) is 0 Å². The molecule has 0 bridgehead atoms. The standard InChI is InChI=1S/C13H24N2O3/c1-3-9(2)14-8-12(16)15-11-7-5-4-6-10(11)13(17)18/h9-11,14H,3-8H2,1-2H3,(H,15,16)(H,17,18). The normalized spacial score (nSPS) is 25.4. The van der Waals surface area contributed by atoms with Gasteiger partial charge in [-0.2, -0.15) is 0 Å². The number of hydrogen-bond acceptors (Lipinski definition) is 3. The van der Waals surface area contributed by atoms with Gasteiger partial charge in [0.1, 0.15) is 0 Å². The minimum Gasteiger partial charge on any atom is -0.481 e. The van der Waals surface area contributed by atoms with Crippen molar-refractivity contribution in [3.8, 4) is 0 Å². The molecule has 5 heteroatoms. The third kappa shape index (κ3) is 4.64. The van der Waals surface area contributed by atoms with Crippen molar-refractivity contribution in [3.63, 3.8) is 0 Å². The van der Waals surface area contributed by atoms with Crippen LogP contribution in [0.25, 0.3) is 0 Å². The van der Waals surface area contributed by atoms with Crippen LogP contribution in [0, 0.1) is 5.92 Å². The molecule has 0 aliphatic heterocycles. The molecule has 1 aliphatic rings. The fourth-order valence-corrected chi connectivity index (χ4v) is 2.27. The summed E-state index contributed by atoms with van der Waals surface area (Å²) >= 11 is 0. The first kappa shape index (κ1) is 15.0. The van der Waals surface area contributed by atoms with Gasteiger partial charge in [0.15, 0.2) is 0 Å². The Morgan fingerprint density at radius 2 is 2.00 bits per heavy atom.